The quantitative estimate of drug-likeness (QED) is 0.785. The van der Waals surface area contributed by atoms with Crippen LogP contribution in [0.2, 0.25) is 0 Å². The predicted molar refractivity (Wildman–Crippen MR) is 101 cm³/mol. The van der Waals surface area contributed by atoms with E-state index in [-0.39, 0.29) is 11.2 Å². The van der Waals surface area contributed by atoms with E-state index in [2.05, 4.69) is 10.6 Å². The number of amides is 1. The molecule has 26 heavy (non-hydrogen) atoms. The maximum absolute atomic E-state index is 12.9. The van der Waals surface area contributed by atoms with Crippen molar-refractivity contribution in [2.45, 2.75) is 18.9 Å². The molecule has 1 amide bonds. The lowest BCUT2D eigenvalue weighted by Crippen LogP contribution is -2.34. The van der Waals surface area contributed by atoms with Crippen molar-refractivity contribution in [2.75, 3.05) is 18.5 Å². The minimum absolute atomic E-state index is 0.160. The number of ether oxygens (including phenoxy) is 2. The van der Waals surface area contributed by atoms with Crippen LogP contribution in [0.4, 0.5) is 10.1 Å². The van der Waals surface area contributed by atoms with Gasteiger partial charge in [-0.25, -0.2) is 4.39 Å². The zero-order chi connectivity index (χ0) is 18.4. The zero-order valence-corrected chi connectivity index (χ0v) is 14.9. The third-order valence-electron chi connectivity index (χ3n) is 3.91. The molecule has 0 spiro atoms. The van der Waals surface area contributed by atoms with Gasteiger partial charge in [-0.3, -0.25) is 10.1 Å². The van der Waals surface area contributed by atoms with Gasteiger partial charge in [-0.1, -0.05) is 0 Å². The molecule has 1 heterocycles. The maximum atomic E-state index is 12.9. The number of thiocarbonyl (C=S) groups is 1. The molecule has 5 nitrogen and oxygen atoms in total. The monoisotopic (exact) mass is 374 g/mol. The van der Waals surface area contributed by atoms with Crippen LogP contribution in [-0.4, -0.2) is 30.3 Å². The number of carbonyl (C=O) groups is 1. The standard InChI is InChI=1S/C19H19FN2O3S/c20-14-5-3-13(4-6-14)18(23)22-19(26)21-15-7-9-16(10-8-15)25-12-17-2-1-11-24-17/h3-10,17H,1-2,11-12H2,(H2,21,22,23,26)/t17-/m1/s1. The Hall–Kier alpha value is -2.51. The molecule has 1 fully saturated rings. The predicted octanol–water partition coefficient (Wildman–Crippen LogP) is 3.51. The Kier molecular flexibility index (Phi) is 6.14. The molecule has 2 N–H and O–H groups in total. The minimum atomic E-state index is -0.404. The summed E-state index contributed by atoms with van der Waals surface area (Å²) < 4.78 is 24.1. The first-order valence-corrected chi connectivity index (χ1v) is 8.73. The van der Waals surface area contributed by atoms with E-state index in [1.54, 1.807) is 12.1 Å². The number of nitrogens with one attached hydrogen (secondary N) is 2. The number of hydrogen-bond donors (Lipinski definition) is 2. The van der Waals surface area contributed by atoms with Gasteiger partial charge in [0.2, 0.25) is 0 Å². The van der Waals surface area contributed by atoms with E-state index in [1.165, 1.54) is 24.3 Å². The molecule has 0 saturated carbocycles. The first-order chi connectivity index (χ1) is 12.6. The topological polar surface area (TPSA) is 59.6 Å². The molecule has 0 radical (unpaired) electrons. The van der Waals surface area contributed by atoms with E-state index in [0.29, 0.717) is 12.2 Å². The first-order valence-electron chi connectivity index (χ1n) is 8.32. The Labute approximate surface area is 156 Å². The summed E-state index contributed by atoms with van der Waals surface area (Å²) in [4.78, 5) is 12.0. The molecule has 1 aliphatic heterocycles. The van der Waals surface area contributed by atoms with Crippen molar-refractivity contribution in [3.63, 3.8) is 0 Å². The molecule has 0 aliphatic carbocycles. The average Bonchev–Trinajstić information content (AvgIpc) is 3.15. The van der Waals surface area contributed by atoms with Crippen LogP contribution in [0.25, 0.3) is 0 Å². The SMILES string of the molecule is O=C(NC(=S)Nc1ccc(OC[C@H]2CCCO2)cc1)c1ccc(F)cc1. The smallest absolute Gasteiger partial charge is 0.257 e. The molecule has 1 saturated heterocycles. The number of benzene rings is 2. The molecule has 3 rings (SSSR count). The summed E-state index contributed by atoms with van der Waals surface area (Å²) >= 11 is 5.13. The van der Waals surface area contributed by atoms with Crippen molar-refractivity contribution in [2.24, 2.45) is 0 Å². The third kappa shape index (κ3) is 5.24. The lowest BCUT2D eigenvalue weighted by molar-refractivity contribution is 0.0679. The lowest BCUT2D eigenvalue weighted by atomic mass is 10.2. The summed E-state index contributed by atoms with van der Waals surface area (Å²) in [5.41, 5.74) is 1.05. The molecular weight excluding hydrogens is 355 g/mol. The molecule has 1 aliphatic rings. The highest BCUT2D eigenvalue weighted by Crippen LogP contribution is 2.18. The van der Waals surface area contributed by atoms with Gasteiger partial charge >= 0.3 is 0 Å². The highest BCUT2D eigenvalue weighted by atomic mass is 32.1. The van der Waals surface area contributed by atoms with Crippen LogP contribution < -0.4 is 15.4 Å². The Morgan fingerprint density at radius 1 is 1.19 bits per heavy atom. The van der Waals surface area contributed by atoms with Gasteiger partial charge in [0.25, 0.3) is 5.91 Å². The van der Waals surface area contributed by atoms with Crippen molar-refractivity contribution in [3.8, 4) is 5.75 Å². The van der Waals surface area contributed by atoms with Gasteiger partial charge in [0.15, 0.2) is 5.11 Å². The van der Waals surface area contributed by atoms with Gasteiger partial charge in [0.1, 0.15) is 18.2 Å². The Bertz CT molecular complexity index is 759. The van der Waals surface area contributed by atoms with Gasteiger partial charge < -0.3 is 14.8 Å². The largest absolute Gasteiger partial charge is 0.491 e. The minimum Gasteiger partial charge on any atom is -0.491 e. The van der Waals surface area contributed by atoms with Crippen molar-refractivity contribution >= 4 is 28.9 Å². The van der Waals surface area contributed by atoms with Crippen molar-refractivity contribution in [1.29, 1.82) is 0 Å². The fourth-order valence-corrected chi connectivity index (χ4v) is 2.75. The molecule has 7 heteroatoms. The fourth-order valence-electron chi connectivity index (χ4n) is 2.54. The van der Waals surface area contributed by atoms with E-state index < -0.39 is 11.7 Å². The van der Waals surface area contributed by atoms with Crippen LogP contribution in [0.1, 0.15) is 23.2 Å². The van der Waals surface area contributed by atoms with Gasteiger partial charge in [0.05, 0.1) is 6.10 Å². The fraction of sp³-hybridized carbons (Fsp3) is 0.263. The van der Waals surface area contributed by atoms with Gasteiger partial charge in [-0.05, 0) is 73.6 Å². The van der Waals surface area contributed by atoms with Crippen LogP contribution in [0, 0.1) is 5.82 Å². The van der Waals surface area contributed by atoms with Crippen molar-refractivity contribution < 1.29 is 18.7 Å². The number of carbonyl (C=O) groups excluding carboxylic acids is 1. The maximum Gasteiger partial charge on any atom is 0.257 e. The molecule has 0 bridgehead atoms. The average molecular weight is 374 g/mol. The van der Waals surface area contributed by atoms with Crippen molar-refractivity contribution in [3.05, 3.63) is 59.9 Å². The Morgan fingerprint density at radius 2 is 1.92 bits per heavy atom. The summed E-state index contributed by atoms with van der Waals surface area (Å²) in [5, 5.41) is 5.64. The number of hydrogen-bond acceptors (Lipinski definition) is 4. The summed E-state index contributed by atoms with van der Waals surface area (Å²) in [6, 6.07) is 12.5. The Morgan fingerprint density at radius 3 is 2.58 bits per heavy atom. The summed E-state index contributed by atoms with van der Waals surface area (Å²) in [6.07, 6.45) is 2.28. The van der Waals surface area contributed by atoms with E-state index >= 15 is 0 Å². The van der Waals surface area contributed by atoms with Crippen LogP contribution in [-0.2, 0) is 4.74 Å². The summed E-state index contributed by atoms with van der Waals surface area (Å²) in [5.74, 6) is -0.0598. The number of anilines is 1. The normalized spacial score (nSPS) is 16.1. The first kappa shape index (κ1) is 18.3. The molecule has 0 unspecified atom stereocenters. The molecule has 2 aromatic rings. The van der Waals surface area contributed by atoms with Crippen LogP contribution >= 0.6 is 12.2 Å². The third-order valence-corrected chi connectivity index (χ3v) is 4.11. The molecule has 1 atom stereocenters. The van der Waals surface area contributed by atoms with Gasteiger partial charge in [-0.15, -0.1) is 0 Å². The number of rotatable bonds is 5. The van der Waals surface area contributed by atoms with E-state index in [9.17, 15) is 9.18 Å². The van der Waals surface area contributed by atoms with Crippen LogP contribution in [0.5, 0.6) is 5.75 Å². The second-order valence-electron chi connectivity index (χ2n) is 5.89. The number of halogens is 1. The second-order valence-corrected chi connectivity index (χ2v) is 6.29. The van der Waals surface area contributed by atoms with E-state index in [1.807, 2.05) is 12.1 Å². The highest BCUT2D eigenvalue weighted by molar-refractivity contribution is 7.80. The molecule has 136 valence electrons. The molecular formula is C19H19FN2O3S. The van der Waals surface area contributed by atoms with Crippen LogP contribution in [0.3, 0.4) is 0 Å². The van der Waals surface area contributed by atoms with E-state index in [4.69, 9.17) is 21.7 Å². The van der Waals surface area contributed by atoms with Crippen LogP contribution in [0.15, 0.2) is 48.5 Å². The van der Waals surface area contributed by atoms with Crippen molar-refractivity contribution in [1.82, 2.24) is 5.32 Å². The van der Waals surface area contributed by atoms with Gasteiger partial charge in [0, 0.05) is 17.9 Å². The molecule has 0 aromatic heterocycles. The second kappa shape index (κ2) is 8.73. The summed E-state index contributed by atoms with van der Waals surface area (Å²) in [7, 11) is 0. The van der Waals surface area contributed by atoms with E-state index in [0.717, 1.165) is 30.9 Å². The lowest BCUT2D eigenvalue weighted by Gasteiger charge is -2.13. The van der Waals surface area contributed by atoms with Gasteiger partial charge in [-0.2, -0.15) is 0 Å². The highest BCUT2D eigenvalue weighted by Gasteiger charge is 2.16. The Balaban J connectivity index is 1.47. The molecule has 2 aromatic carbocycles. The zero-order valence-electron chi connectivity index (χ0n) is 14.0. The summed E-state index contributed by atoms with van der Waals surface area (Å²) in [6.45, 7) is 1.34.